The molecule has 1 atom stereocenters. The summed E-state index contributed by atoms with van der Waals surface area (Å²) in [6.07, 6.45) is 3.00. The van der Waals surface area contributed by atoms with E-state index in [1.54, 1.807) is 23.7 Å². The predicted octanol–water partition coefficient (Wildman–Crippen LogP) is 6.01. The molecule has 0 unspecified atom stereocenters. The number of carbonyl (C=O) groups excluding carboxylic acids is 1. The molecule has 3 aromatic rings. The third kappa shape index (κ3) is 4.16. The van der Waals surface area contributed by atoms with Crippen LogP contribution in [0.3, 0.4) is 0 Å². The number of carbonyl (C=O) groups is 1. The van der Waals surface area contributed by atoms with Gasteiger partial charge in [0.2, 0.25) is 0 Å². The van der Waals surface area contributed by atoms with Gasteiger partial charge in [-0.2, -0.15) is 5.10 Å². The van der Waals surface area contributed by atoms with Crippen LogP contribution >= 0.6 is 34.8 Å². The van der Waals surface area contributed by atoms with Crippen LogP contribution in [-0.4, -0.2) is 15.7 Å². The van der Waals surface area contributed by atoms with Crippen molar-refractivity contribution in [2.24, 2.45) is 0 Å². The van der Waals surface area contributed by atoms with E-state index in [1.165, 1.54) is 11.1 Å². The van der Waals surface area contributed by atoms with Crippen LogP contribution in [0.15, 0.2) is 42.5 Å². The molecule has 0 spiro atoms. The number of hydrogen-bond donors (Lipinski definition) is 1. The minimum absolute atomic E-state index is 0.0167. The van der Waals surface area contributed by atoms with Gasteiger partial charge in [0.15, 0.2) is 0 Å². The Morgan fingerprint density at radius 2 is 2.00 bits per heavy atom. The predicted molar refractivity (Wildman–Crippen MR) is 117 cm³/mol. The molecule has 4 nitrogen and oxygen atoms in total. The van der Waals surface area contributed by atoms with Gasteiger partial charge in [0.05, 0.1) is 23.8 Å². The maximum atomic E-state index is 13.0. The highest BCUT2D eigenvalue weighted by Crippen LogP contribution is 2.31. The molecule has 0 bridgehead atoms. The molecule has 150 valence electrons. The van der Waals surface area contributed by atoms with Crippen LogP contribution in [0.25, 0.3) is 0 Å². The molecule has 29 heavy (non-hydrogen) atoms. The van der Waals surface area contributed by atoms with E-state index in [9.17, 15) is 4.79 Å². The van der Waals surface area contributed by atoms with Gasteiger partial charge >= 0.3 is 0 Å². The molecule has 0 saturated heterocycles. The highest BCUT2D eigenvalue weighted by atomic mass is 35.5. The van der Waals surface area contributed by atoms with Crippen molar-refractivity contribution >= 4 is 40.7 Å². The fourth-order valence-corrected chi connectivity index (χ4v) is 4.65. The van der Waals surface area contributed by atoms with Gasteiger partial charge in [-0.25, -0.2) is 4.68 Å². The van der Waals surface area contributed by atoms with Crippen molar-refractivity contribution in [3.8, 4) is 0 Å². The molecule has 1 aromatic heterocycles. The van der Waals surface area contributed by atoms with Gasteiger partial charge < -0.3 is 5.32 Å². The minimum Gasteiger partial charge on any atom is -0.345 e. The van der Waals surface area contributed by atoms with E-state index in [1.807, 2.05) is 18.2 Å². The van der Waals surface area contributed by atoms with Gasteiger partial charge in [-0.3, -0.25) is 4.79 Å². The summed E-state index contributed by atoms with van der Waals surface area (Å²) in [5, 5.41) is 9.01. The van der Waals surface area contributed by atoms with Crippen molar-refractivity contribution in [3.05, 3.63) is 85.6 Å². The van der Waals surface area contributed by atoms with Crippen LogP contribution in [0, 0.1) is 6.92 Å². The summed E-state index contributed by atoms with van der Waals surface area (Å²) in [7, 11) is 0. The number of aromatic nitrogens is 2. The Bertz CT molecular complexity index is 1080. The number of halogens is 3. The Kier molecular flexibility index (Phi) is 5.86. The second-order valence-electron chi connectivity index (χ2n) is 7.26. The number of benzene rings is 2. The first-order valence-corrected chi connectivity index (χ1v) is 10.6. The summed E-state index contributed by atoms with van der Waals surface area (Å²) in [6, 6.07) is 13.5. The summed E-state index contributed by atoms with van der Waals surface area (Å²) >= 11 is 18.8. The van der Waals surface area contributed by atoms with Crippen LogP contribution in [-0.2, 0) is 13.0 Å². The lowest BCUT2D eigenvalue weighted by Gasteiger charge is -2.26. The van der Waals surface area contributed by atoms with Crippen molar-refractivity contribution in [1.82, 2.24) is 15.1 Å². The number of hydrogen-bond acceptors (Lipinski definition) is 2. The summed E-state index contributed by atoms with van der Waals surface area (Å²) in [4.78, 5) is 13.0. The van der Waals surface area contributed by atoms with Crippen LogP contribution in [0.5, 0.6) is 0 Å². The maximum Gasteiger partial charge on any atom is 0.256 e. The first kappa shape index (κ1) is 20.3. The number of rotatable bonds is 4. The van der Waals surface area contributed by atoms with Gasteiger partial charge in [0.1, 0.15) is 5.15 Å². The molecule has 1 aliphatic carbocycles. The van der Waals surface area contributed by atoms with Gasteiger partial charge in [0.25, 0.3) is 5.91 Å². The lowest BCUT2D eigenvalue weighted by atomic mass is 9.87. The van der Waals surface area contributed by atoms with E-state index in [0.29, 0.717) is 33.0 Å². The second kappa shape index (κ2) is 8.39. The normalized spacial score (nSPS) is 15.8. The van der Waals surface area contributed by atoms with E-state index in [0.717, 1.165) is 24.8 Å². The van der Waals surface area contributed by atoms with Gasteiger partial charge in [-0.15, -0.1) is 0 Å². The topological polar surface area (TPSA) is 46.9 Å². The molecule has 4 rings (SSSR count). The maximum absolute atomic E-state index is 13.0. The highest BCUT2D eigenvalue weighted by molar-refractivity contribution is 6.35. The quantitative estimate of drug-likeness (QED) is 0.531. The molecular weight excluding hydrogens is 429 g/mol. The van der Waals surface area contributed by atoms with Crippen molar-refractivity contribution < 1.29 is 4.79 Å². The highest BCUT2D eigenvalue weighted by Gasteiger charge is 2.26. The summed E-state index contributed by atoms with van der Waals surface area (Å²) < 4.78 is 1.59. The smallest absolute Gasteiger partial charge is 0.256 e. The zero-order chi connectivity index (χ0) is 20.5. The average Bonchev–Trinajstić information content (AvgIpc) is 2.97. The number of fused-ring (bicyclic) bond motifs is 1. The van der Waals surface area contributed by atoms with E-state index in [2.05, 4.69) is 22.5 Å². The zero-order valence-electron chi connectivity index (χ0n) is 15.9. The van der Waals surface area contributed by atoms with E-state index < -0.39 is 0 Å². The van der Waals surface area contributed by atoms with E-state index >= 15 is 0 Å². The van der Waals surface area contributed by atoms with Crippen molar-refractivity contribution in [2.75, 3.05) is 0 Å². The van der Waals surface area contributed by atoms with Crippen LogP contribution in [0.1, 0.15) is 51.6 Å². The summed E-state index contributed by atoms with van der Waals surface area (Å²) in [6.45, 7) is 2.14. The molecule has 1 amide bonds. The van der Waals surface area contributed by atoms with Crippen LogP contribution in [0.4, 0.5) is 0 Å². The first-order chi connectivity index (χ1) is 13.9. The van der Waals surface area contributed by atoms with Crippen molar-refractivity contribution in [3.63, 3.8) is 0 Å². The van der Waals surface area contributed by atoms with Gasteiger partial charge in [-0.1, -0.05) is 65.1 Å². The second-order valence-corrected chi connectivity index (χ2v) is 8.46. The lowest BCUT2D eigenvalue weighted by Crippen LogP contribution is -2.31. The largest absolute Gasteiger partial charge is 0.345 e. The van der Waals surface area contributed by atoms with E-state index in [-0.39, 0.29) is 11.9 Å². The molecule has 1 heterocycles. The zero-order valence-corrected chi connectivity index (χ0v) is 18.2. The number of nitrogens with zero attached hydrogens (tertiary/aromatic N) is 2. The standard InChI is InChI=1S/C22H20Cl3N3O/c1-13-20(21(25)28(27-13)12-15-9-10-16(23)11-18(15)24)22(29)26-19-8-4-6-14-5-2-3-7-17(14)19/h2-3,5,7,9-11,19H,4,6,8,12H2,1H3,(H,26,29)/t19-/m1/s1. The first-order valence-electron chi connectivity index (χ1n) is 9.49. The van der Waals surface area contributed by atoms with E-state index in [4.69, 9.17) is 34.8 Å². The average molecular weight is 449 g/mol. The summed E-state index contributed by atoms with van der Waals surface area (Å²) in [5.74, 6) is -0.206. The summed E-state index contributed by atoms with van der Waals surface area (Å²) in [5.41, 5.74) is 4.29. The lowest BCUT2D eigenvalue weighted by molar-refractivity contribution is 0.0932. The SMILES string of the molecule is Cc1nn(Cc2ccc(Cl)cc2Cl)c(Cl)c1C(=O)N[C@@H]1CCCc2ccccc21. The Balaban J connectivity index is 1.57. The minimum atomic E-state index is -0.206. The molecule has 0 fully saturated rings. The Morgan fingerprint density at radius 1 is 1.21 bits per heavy atom. The Labute approximate surface area is 184 Å². The van der Waals surface area contributed by atoms with Crippen molar-refractivity contribution in [2.45, 2.75) is 38.8 Å². The molecule has 7 heteroatoms. The van der Waals surface area contributed by atoms with Gasteiger partial charge in [-0.05, 0) is 55.0 Å². The monoisotopic (exact) mass is 447 g/mol. The molecule has 0 aliphatic heterocycles. The molecular formula is C22H20Cl3N3O. The third-order valence-corrected chi connectivity index (χ3v) is 6.27. The fourth-order valence-electron chi connectivity index (χ4n) is 3.86. The molecule has 2 aromatic carbocycles. The van der Waals surface area contributed by atoms with Crippen molar-refractivity contribution in [1.29, 1.82) is 0 Å². The number of aryl methyl sites for hydroxylation is 2. The van der Waals surface area contributed by atoms with Crippen LogP contribution < -0.4 is 5.32 Å². The molecule has 0 saturated carbocycles. The molecule has 1 aliphatic rings. The number of amides is 1. The fraction of sp³-hybridized carbons (Fsp3) is 0.273. The Morgan fingerprint density at radius 3 is 2.79 bits per heavy atom. The Hall–Kier alpha value is -2.01. The third-order valence-electron chi connectivity index (χ3n) is 5.30. The number of nitrogens with one attached hydrogen (secondary N) is 1. The van der Waals surface area contributed by atoms with Crippen LogP contribution in [0.2, 0.25) is 15.2 Å². The molecule has 0 radical (unpaired) electrons. The van der Waals surface area contributed by atoms with Gasteiger partial charge in [0, 0.05) is 10.0 Å². The molecule has 1 N–H and O–H groups in total.